The normalized spacial score (nSPS) is 23.5. The van der Waals surface area contributed by atoms with Crippen molar-refractivity contribution in [1.29, 1.82) is 0 Å². The van der Waals surface area contributed by atoms with E-state index in [0.29, 0.717) is 12.1 Å². The van der Waals surface area contributed by atoms with Gasteiger partial charge in [0.2, 0.25) is 0 Å². The van der Waals surface area contributed by atoms with Gasteiger partial charge in [-0.15, -0.1) is 5.10 Å². The molecule has 1 atom stereocenters. The van der Waals surface area contributed by atoms with E-state index in [-0.39, 0.29) is 0 Å². The summed E-state index contributed by atoms with van der Waals surface area (Å²) < 4.78 is 4.35. The maximum Gasteiger partial charge on any atom is 0.165 e. The fourth-order valence-corrected chi connectivity index (χ4v) is 2.94. The molecule has 6 nitrogen and oxygen atoms in total. The van der Waals surface area contributed by atoms with E-state index in [0.717, 1.165) is 25.5 Å². The average Bonchev–Trinajstić information content (AvgIpc) is 2.97. The molecule has 100 valence electrons. The Morgan fingerprint density at radius 1 is 1.32 bits per heavy atom. The molecule has 19 heavy (non-hydrogen) atoms. The van der Waals surface area contributed by atoms with E-state index in [1.807, 2.05) is 4.68 Å². The molecular formula is C13H18N6. The third-order valence-electron chi connectivity index (χ3n) is 4.27. The van der Waals surface area contributed by atoms with Gasteiger partial charge in [-0.25, -0.2) is 4.68 Å². The van der Waals surface area contributed by atoms with Crippen LogP contribution in [0.15, 0.2) is 18.3 Å². The van der Waals surface area contributed by atoms with Crippen LogP contribution < -0.4 is 0 Å². The predicted octanol–water partition coefficient (Wildman–Crippen LogP) is 1.39. The summed E-state index contributed by atoms with van der Waals surface area (Å²) in [7, 11) is 0. The Balaban J connectivity index is 1.56. The highest BCUT2D eigenvalue weighted by Crippen LogP contribution is 2.35. The van der Waals surface area contributed by atoms with Crippen LogP contribution in [0.3, 0.4) is 0 Å². The van der Waals surface area contributed by atoms with E-state index in [2.05, 4.69) is 50.2 Å². The van der Waals surface area contributed by atoms with Crippen molar-refractivity contribution in [2.75, 3.05) is 6.54 Å². The minimum Gasteiger partial charge on any atom is -0.349 e. The number of hydrogen-bond acceptors (Lipinski definition) is 4. The summed E-state index contributed by atoms with van der Waals surface area (Å²) in [6.07, 6.45) is 4.60. The van der Waals surface area contributed by atoms with Crippen molar-refractivity contribution >= 4 is 0 Å². The minimum absolute atomic E-state index is 0.424. The van der Waals surface area contributed by atoms with Crippen molar-refractivity contribution in [2.45, 2.75) is 44.9 Å². The van der Waals surface area contributed by atoms with Gasteiger partial charge < -0.3 is 4.57 Å². The average molecular weight is 258 g/mol. The topological polar surface area (TPSA) is 51.8 Å². The van der Waals surface area contributed by atoms with Gasteiger partial charge in [0.1, 0.15) is 0 Å². The summed E-state index contributed by atoms with van der Waals surface area (Å²) in [6.45, 7) is 5.21. The lowest BCUT2D eigenvalue weighted by molar-refractivity contribution is 0.154. The smallest absolute Gasteiger partial charge is 0.165 e. The van der Waals surface area contributed by atoms with Crippen molar-refractivity contribution in [3.63, 3.8) is 0 Å². The van der Waals surface area contributed by atoms with Gasteiger partial charge >= 0.3 is 0 Å². The van der Waals surface area contributed by atoms with E-state index < -0.39 is 0 Å². The van der Waals surface area contributed by atoms with Crippen LogP contribution in [0.1, 0.15) is 43.4 Å². The third kappa shape index (κ3) is 1.87. The highest BCUT2D eigenvalue weighted by molar-refractivity contribution is 5.13. The van der Waals surface area contributed by atoms with E-state index in [9.17, 15) is 0 Å². The summed E-state index contributed by atoms with van der Waals surface area (Å²) in [5.74, 6) is 1.01. The first-order valence-electron chi connectivity index (χ1n) is 6.99. The molecule has 2 aliphatic rings. The molecule has 0 radical (unpaired) electrons. The Bertz CT molecular complexity index is 581. The number of nitrogens with zero attached hydrogens (tertiary/aromatic N) is 6. The molecule has 0 saturated heterocycles. The molecule has 0 unspecified atom stereocenters. The molecule has 3 heterocycles. The summed E-state index contributed by atoms with van der Waals surface area (Å²) in [5.41, 5.74) is 1.39. The molecule has 0 aromatic carbocycles. The zero-order valence-corrected chi connectivity index (χ0v) is 11.1. The first-order chi connectivity index (χ1) is 9.33. The second-order valence-corrected chi connectivity index (χ2v) is 5.54. The predicted molar refractivity (Wildman–Crippen MR) is 69.3 cm³/mol. The quantitative estimate of drug-likeness (QED) is 0.834. The lowest BCUT2D eigenvalue weighted by atomic mass is 10.1. The van der Waals surface area contributed by atoms with Crippen molar-refractivity contribution in [3.05, 3.63) is 29.8 Å². The van der Waals surface area contributed by atoms with Gasteiger partial charge in [-0.05, 0) is 42.3 Å². The summed E-state index contributed by atoms with van der Waals surface area (Å²) in [6, 6.07) is 5.31. The van der Waals surface area contributed by atoms with Crippen molar-refractivity contribution in [2.24, 2.45) is 0 Å². The molecule has 0 amide bonds. The number of tetrazole rings is 1. The lowest BCUT2D eigenvalue weighted by Crippen LogP contribution is -2.36. The van der Waals surface area contributed by atoms with Gasteiger partial charge in [0, 0.05) is 31.0 Å². The molecule has 2 aromatic heterocycles. The zero-order valence-electron chi connectivity index (χ0n) is 11.1. The van der Waals surface area contributed by atoms with E-state index in [1.165, 1.54) is 18.5 Å². The molecule has 2 aromatic rings. The van der Waals surface area contributed by atoms with Gasteiger partial charge in [-0.1, -0.05) is 0 Å². The molecule has 1 aliphatic heterocycles. The molecule has 0 bridgehead atoms. The maximum absolute atomic E-state index is 4.20. The third-order valence-corrected chi connectivity index (χ3v) is 4.27. The Hall–Kier alpha value is -1.69. The van der Waals surface area contributed by atoms with Crippen molar-refractivity contribution in [3.8, 4) is 0 Å². The Morgan fingerprint density at radius 3 is 3.05 bits per heavy atom. The zero-order chi connectivity index (χ0) is 12.8. The van der Waals surface area contributed by atoms with Gasteiger partial charge in [-0.3, -0.25) is 4.90 Å². The second kappa shape index (κ2) is 4.16. The largest absolute Gasteiger partial charge is 0.349 e. The standard InChI is InChI=1S/C13H18N6/c1-10-12-3-2-6-17(12)7-8-18(10)9-13-14-15-16-19(13)11-4-5-11/h2-3,6,10-11H,4-5,7-9H2,1H3/t10-/m0/s1. The molecular weight excluding hydrogens is 240 g/mol. The molecule has 1 saturated carbocycles. The van der Waals surface area contributed by atoms with Gasteiger partial charge in [0.25, 0.3) is 0 Å². The highest BCUT2D eigenvalue weighted by Gasteiger charge is 2.30. The van der Waals surface area contributed by atoms with Crippen LogP contribution in [0.5, 0.6) is 0 Å². The van der Waals surface area contributed by atoms with Crippen LogP contribution in [-0.2, 0) is 13.1 Å². The minimum atomic E-state index is 0.424. The fraction of sp³-hybridized carbons (Fsp3) is 0.615. The molecule has 4 rings (SSSR count). The fourth-order valence-electron chi connectivity index (χ4n) is 2.94. The highest BCUT2D eigenvalue weighted by atomic mass is 15.6. The lowest BCUT2D eigenvalue weighted by Gasteiger charge is -2.34. The van der Waals surface area contributed by atoms with Crippen LogP contribution in [-0.4, -0.2) is 36.2 Å². The van der Waals surface area contributed by atoms with Gasteiger partial charge in [0.05, 0.1) is 12.6 Å². The van der Waals surface area contributed by atoms with Crippen LogP contribution in [0.25, 0.3) is 0 Å². The molecule has 1 aliphatic carbocycles. The van der Waals surface area contributed by atoms with Crippen LogP contribution in [0, 0.1) is 0 Å². The molecule has 6 heteroatoms. The Kier molecular flexibility index (Phi) is 2.44. The van der Waals surface area contributed by atoms with Crippen LogP contribution in [0.4, 0.5) is 0 Å². The van der Waals surface area contributed by atoms with E-state index in [4.69, 9.17) is 0 Å². The molecule has 0 N–H and O–H groups in total. The van der Waals surface area contributed by atoms with Gasteiger partial charge in [-0.2, -0.15) is 0 Å². The monoisotopic (exact) mass is 258 g/mol. The van der Waals surface area contributed by atoms with E-state index >= 15 is 0 Å². The maximum atomic E-state index is 4.20. The molecule has 0 spiro atoms. The number of hydrogen-bond donors (Lipinski definition) is 0. The first-order valence-corrected chi connectivity index (χ1v) is 6.99. The second-order valence-electron chi connectivity index (χ2n) is 5.54. The molecule has 1 fully saturated rings. The summed E-state index contributed by atoms with van der Waals surface area (Å²) >= 11 is 0. The van der Waals surface area contributed by atoms with Crippen molar-refractivity contribution < 1.29 is 0 Å². The van der Waals surface area contributed by atoms with Crippen LogP contribution >= 0.6 is 0 Å². The SMILES string of the molecule is C[C@H]1c2cccn2CCN1Cc1nnnn1C1CC1. The summed E-state index contributed by atoms with van der Waals surface area (Å²) in [4.78, 5) is 2.46. The van der Waals surface area contributed by atoms with E-state index in [1.54, 1.807) is 0 Å². The van der Waals surface area contributed by atoms with Crippen molar-refractivity contribution in [1.82, 2.24) is 29.7 Å². The Labute approximate surface area is 112 Å². The number of aromatic nitrogens is 5. The van der Waals surface area contributed by atoms with Crippen LogP contribution in [0.2, 0.25) is 0 Å². The number of fused-ring (bicyclic) bond motifs is 1. The first kappa shape index (κ1) is 11.2. The number of rotatable bonds is 3. The summed E-state index contributed by atoms with van der Waals surface area (Å²) in [5, 5.41) is 12.2. The van der Waals surface area contributed by atoms with Gasteiger partial charge in [0.15, 0.2) is 5.82 Å². The Morgan fingerprint density at radius 2 is 2.21 bits per heavy atom.